The van der Waals surface area contributed by atoms with E-state index in [0.29, 0.717) is 17.8 Å². The fraction of sp³-hybridized carbons (Fsp3) is 0.278. The molecule has 0 bridgehead atoms. The molecule has 3 N–H and O–H groups in total. The van der Waals surface area contributed by atoms with Crippen molar-refractivity contribution in [1.82, 2.24) is 5.32 Å². The predicted octanol–water partition coefficient (Wildman–Crippen LogP) is 3.57. The van der Waals surface area contributed by atoms with E-state index in [2.05, 4.69) is 53.6 Å². The van der Waals surface area contributed by atoms with Crippen LogP contribution in [0.2, 0.25) is 5.02 Å². The highest BCUT2D eigenvalue weighted by Gasteiger charge is 2.46. The summed E-state index contributed by atoms with van der Waals surface area (Å²) in [5, 5.41) is 4.15. The fourth-order valence-electron chi connectivity index (χ4n) is 3.92. The summed E-state index contributed by atoms with van der Waals surface area (Å²) in [5.41, 5.74) is 9.84. The summed E-state index contributed by atoms with van der Waals surface area (Å²) in [7, 11) is 0. The molecule has 1 aliphatic carbocycles. The van der Waals surface area contributed by atoms with Crippen molar-refractivity contribution in [3.05, 3.63) is 70.2 Å². The van der Waals surface area contributed by atoms with Crippen LogP contribution in [-0.4, -0.2) is 12.0 Å². The van der Waals surface area contributed by atoms with Gasteiger partial charge in [-0.1, -0.05) is 54.9 Å². The molecule has 0 saturated carbocycles. The molecule has 0 saturated heterocycles. The van der Waals surface area contributed by atoms with Crippen molar-refractivity contribution in [3.8, 4) is 0 Å². The lowest BCUT2D eigenvalue weighted by Gasteiger charge is -2.27. The largest absolute Gasteiger partial charge is 0.370 e. The zero-order valence-electron chi connectivity index (χ0n) is 12.3. The molecular weight excluding hydrogens is 294 g/mol. The van der Waals surface area contributed by atoms with Crippen molar-refractivity contribution < 1.29 is 0 Å². The SMILES string of the molecule is C[C@H](c1cccc(Cl)c1)[C@@H]1c2ccccc2C2N=C(N)NC21. The summed E-state index contributed by atoms with van der Waals surface area (Å²) in [6, 6.07) is 17.0. The lowest BCUT2D eigenvalue weighted by molar-refractivity contribution is 0.445. The van der Waals surface area contributed by atoms with Crippen LogP contribution in [0.5, 0.6) is 0 Å². The average molecular weight is 312 g/mol. The van der Waals surface area contributed by atoms with E-state index in [1.807, 2.05) is 12.1 Å². The zero-order chi connectivity index (χ0) is 15.3. The molecule has 112 valence electrons. The second-order valence-electron chi connectivity index (χ2n) is 6.13. The van der Waals surface area contributed by atoms with Crippen LogP contribution in [0.15, 0.2) is 53.5 Å². The molecule has 22 heavy (non-hydrogen) atoms. The third kappa shape index (κ3) is 2.00. The van der Waals surface area contributed by atoms with Gasteiger partial charge < -0.3 is 11.1 Å². The zero-order valence-corrected chi connectivity index (χ0v) is 13.1. The molecule has 0 aromatic heterocycles. The molecule has 0 radical (unpaired) electrons. The molecule has 0 fully saturated rings. The molecule has 2 unspecified atom stereocenters. The second kappa shape index (κ2) is 5.03. The number of hydrogen-bond donors (Lipinski definition) is 2. The van der Waals surface area contributed by atoms with E-state index in [4.69, 9.17) is 17.3 Å². The first-order valence-electron chi connectivity index (χ1n) is 7.59. The van der Waals surface area contributed by atoms with Crippen molar-refractivity contribution in [2.45, 2.75) is 30.8 Å². The molecule has 3 nitrogen and oxygen atoms in total. The van der Waals surface area contributed by atoms with Crippen molar-refractivity contribution >= 4 is 17.6 Å². The van der Waals surface area contributed by atoms with Gasteiger partial charge in [0.2, 0.25) is 0 Å². The smallest absolute Gasteiger partial charge is 0.189 e. The van der Waals surface area contributed by atoms with Gasteiger partial charge in [-0.05, 0) is 34.7 Å². The van der Waals surface area contributed by atoms with Crippen LogP contribution < -0.4 is 11.1 Å². The lowest BCUT2D eigenvalue weighted by atomic mass is 9.81. The Morgan fingerprint density at radius 1 is 1.14 bits per heavy atom. The lowest BCUT2D eigenvalue weighted by Crippen LogP contribution is -2.38. The van der Waals surface area contributed by atoms with Gasteiger partial charge in [-0.2, -0.15) is 0 Å². The van der Waals surface area contributed by atoms with Crippen LogP contribution in [0.1, 0.15) is 41.5 Å². The van der Waals surface area contributed by atoms with Crippen LogP contribution >= 0.6 is 11.6 Å². The Morgan fingerprint density at radius 2 is 1.91 bits per heavy atom. The summed E-state index contributed by atoms with van der Waals surface area (Å²) >= 11 is 6.17. The Morgan fingerprint density at radius 3 is 2.68 bits per heavy atom. The number of nitrogens with zero attached hydrogens (tertiary/aromatic N) is 1. The Kier molecular flexibility index (Phi) is 3.12. The third-order valence-corrected chi connectivity index (χ3v) is 5.14. The highest BCUT2D eigenvalue weighted by molar-refractivity contribution is 6.30. The van der Waals surface area contributed by atoms with Gasteiger partial charge in [-0.3, -0.25) is 0 Å². The fourth-order valence-corrected chi connectivity index (χ4v) is 4.12. The standard InChI is InChI=1S/C18H18ClN3/c1-10(11-5-4-6-12(19)9-11)15-13-7-2-3-8-14(13)16-17(15)22-18(20)21-16/h2-10,15-17H,1H3,(H3,20,21,22)/t10-,15-,16?,17?/m1/s1. The van der Waals surface area contributed by atoms with Crippen LogP contribution in [0.25, 0.3) is 0 Å². The number of benzene rings is 2. The number of rotatable bonds is 2. The molecule has 0 spiro atoms. The molecular formula is C18H18ClN3. The summed E-state index contributed by atoms with van der Waals surface area (Å²) in [5.74, 6) is 1.22. The minimum absolute atomic E-state index is 0.128. The minimum Gasteiger partial charge on any atom is -0.370 e. The normalized spacial score (nSPS) is 26.8. The van der Waals surface area contributed by atoms with Gasteiger partial charge in [0, 0.05) is 10.9 Å². The summed E-state index contributed by atoms with van der Waals surface area (Å²) < 4.78 is 0. The van der Waals surface area contributed by atoms with Gasteiger partial charge in [0.25, 0.3) is 0 Å². The third-order valence-electron chi connectivity index (χ3n) is 4.91. The Hall–Kier alpha value is -2.00. The number of halogens is 1. The van der Waals surface area contributed by atoms with E-state index >= 15 is 0 Å². The predicted molar refractivity (Wildman–Crippen MR) is 90.3 cm³/mol. The van der Waals surface area contributed by atoms with Crippen LogP contribution in [0.4, 0.5) is 0 Å². The van der Waals surface area contributed by atoms with E-state index in [-0.39, 0.29) is 12.1 Å². The molecule has 4 heteroatoms. The van der Waals surface area contributed by atoms with Crippen molar-refractivity contribution in [2.75, 3.05) is 0 Å². The van der Waals surface area contributed by atoms with Gasteiger partial charge in [0.15, 0.2) is 5.96 Å². The average Bonchev–Trinajstić information content (AvgIpc) is 3.01. The van der Waals surface area contributed by atoms with Crippen LogP contribution in [0.3, 0.4) is 0 Å². The number of nitrogens with two attached hydrogens (primary N) is 1. The highest BCUT2D eigenvalue weighted by Crippen LogP contribution is 2.50. The molecule has 2 aliphatic rings. The first kappa shape index (κ1) is 13.6. The molecule has 1 aliphatic heterocycles. The molecule has 4 atom stereocenters. The number of fused-ring (bicyclic) bond motifs is 3. The monoisotopic (exact) mass is 311 g/mol. The topological polar surface area (TPSA) is 50.4 Å². The van der Waals surface area contributed by atoms with Crippen LogP contribution in [-0.2, 0) is 0 Å². The Balaban J connectivity index is 1.78. The van der Waals surface area contributed by atoms with Crippen molar-refractivity contribution in [3.63, 3.8) is 0 Å². The van der Waals surface area contributed by atoms with E-state index in [1.54, 1.807) is 0 Å². The maximum absolute atomic E-state index is 6.17. The molecule has 0 amide bonds. The molecule has 4 rings (SSSR count). The first-order chi connectivity index (χ1) is 10.6. The van der Waals surface area contributed by atoms with Gasteiger partial charge in [-0.25, -0.2) is 4.99 Å². The van der Waals surface area contributed by atoms with Crippen molar-refractivity contribution in [2.24, 2.45) is 10.7 Å². The van der Waals surface area contributed by atoms with E-state index < -0.39 is 0 Å². The number of guanidine groups is 1. The van der Waals surface area contributed by atoms with Gasteiger partial charge in [-0.15, -0.1) is 0 Å². The maximum atomic E-state index is 6.17. The Labute approximate surface area is 135 Å². The minimum atomic E-state index is 0.128. The molecule has 2 aromatic carbocycles. The quantitative estimate of drug-likeness (QED) is 0.891. The van der Waals surface area contributed by atoms with Gasteiger partial charge in [0.1, 0.15) is 0 Å². The number of nitrogens with one attached hydrogen (secondary N) is 1. The maximum Gasteiger partial charge on any atom is 0.189 e. The first-order valence-corrected chi connectivity index (χ1v) is 7.97. The highest BCUT2D eigenvalue weighted by atomic mass is 35.5. The summed E-state index contributed by atoms with van der Waals surface area (Å²) in [6.45, 7) is 2.26. The number of aliphatic imine (C=N–C) groups is 1. The molecule has 1 heterocycles. The molecule has 2 aromatic rings. The second-order valence-corrected chi connectivity index (χ2v) is 6.56. The summed E-state index contributed by atoms with van der Waals surface area (Å²) in [6.07, 6.45) is 0. The van der Waals surface area contributed by atoms with Crippen molar-refractivity contribution in [1.29, 1.82) is 0 Å². The van der Waals surface area contributed by atoms with Gasteiger partial charge >= 0.3 is 0 Å². The van der Waals surface area contributed by atoms with E-state index in [9.17, 15) is 0 Å². The number of hydrogen-bond acceptors (Lipinski definition) is 3. The Bertz CT molecular complexity index is 756. The summed E-state index contributed by atoms with van der Waals surface area (Å²) in [4.78, 5) is 4.59. The van der Waals surface area contributed by atoms with Crippen LogP contribution in [0, 0.1) is 0 Å². The van der Waals surface area contributed by atoms with Gasteiger partial charge in [0.05, 0.1) is 12.1 Å². The van der Waals surface area contributed by atoms with E-state index in [0.717, 1.165) is 5.02 Å². The van der Waals surface area contributed by atoms with E-state index in [1.165, 1.54) is 16.7 Å².